The maximum Gasteiger partial charge on any atom is 0.0205 e. The smallest absolute Gasteiger partial charge is 0.0205 e. The number of hydrogen-bond donors (Lipinski definition) is 2. The van der Waals surface area contributed by atoms with Gasteiger partial charge >= 0.3 is 0 Å². The van der Waals surface area contributed by atoms with E-state index in [0.717, 1.165) is 25.9 Å². The van der Waals surface area contributed by atoms with E-state index in [-0.39, 0.29) is 0 Å². The van der Waals surface area contributed by atoms with Gasteiger partial charge in [-0.1, -0.05) is 55.5 Å². The van der Waals surface area contributed by atoms with Crippen LogP contribution in [0.4, 0.5) is 0 Å². The predicted molar refractivity (Wildman–Crippen MR) is 85.6 cm³/mol. The van der Waals surface area contributed by atoms with Crippen molar-refractivity contribution in [1.29, 1.82) is 0 Å². The van der Waals surface area contributed by atoms with Gasteiger partial charge in [-0.05, 0) is 41.6 Å². The molecule has 20 heavy (non-hydrogen) atoms. The minimum atomic E-state index is 0.613. The van der Waals surface area contributed by atoms with Crippen molar-refractivity contribution in [2.45, 2.75) is 32.9 Å². The van der Waals surface area contributed by atoms with Crippen molar-refractivity contribution in [3.05, 3.63) is 70.8 Å². The molecule has 2 nitrogen and oxygen atoms in total. The fourth-order valence-corrected chi connectivity index (χ4v) is 2.20. The maximum absolute atomic E-state index is 5.59. The molecule has 2 aromatic carbocycles. The van der Waals surface area contributed by atoms with E-state index in [1.807, 2.05) is 0 Å². The molecule has 0 saturated carbocycles. The highest BCUT2D eigenvalue weighted by Gasteiger charge is 1.96. The highest BCUT2D eigenvalue weighted by atomic mass is 14.8. The summed E-state index contributed by atoms with van der Waals surface area (Å²) in [7, 11) is 0. The highest BCUT2D eigenvalue weighted by Crippen LogP contribution is 2.06. The fraction of sp³-hybridized carbons (Fsp3) is 0.333. The Morgan fingerprint density at radius 3 is 1.95 bits per heavy atom. The third-order valence-electron chi connectivity index (χ3n) is 3.61. The monoisotopic (exact) mass is 268 g/mol. The first-order chi connectivity index (χ1) is 9.81. The molecule has 106 valence electrons. The zero-order valence-corrected chi connectivity index (χ0v) is 12.2. The van der Waals surface area contributed by atoms with Crippen LogP contribution in [0.1, 0.15) is 29.2 Å². The van der Waals surface area contributed by atoms with Crippen LogP contribution >= 0.6 is 0 Å². The van der Waals surface area contributed by atoms with Crippen LogP contribution in [-0.4, -0.2) is 6.54 Å². The van der Waals surface area contributed by atoms with Gasteiger partial charge in [0.1, 0.15) is 0 Å². The summed E-state index contributed by atoms with van der Waals surface area (Å²) in [6.45, 7) is 4.72. The minimum absolute atomic E-state index is 0.613. The molecule has 0 amide bonds. The summed E-state index contributed by atoms with van der Waals surface area (Å²) >= 11 is 0. The molecule has 0 aliphatic rings. The molecule has 0 atom stereocenters. The van der Waals surface area contributed by atoms with Crippen LogP contribution in [0.25, 0.3) is 0 Å². The zero-order valence-electron chi connectivity index (χ0n) is 12.2. The molecule has 0 saturated heterocycles. The largest absolute Gasteiger partial charge is 0.326 e. The van der Waals surface area contributed by atoms with E-state index in [9.17, 15) is 0 Å². The molecule has 0 radical (unpaired) electrons. The Balaban J connectivity index is 1.72. The Morgan fingerprint density at radius 2 is 1.35 bits per heavy atom. The van der Waals surface area contributed by atoms with E-state index in [0.29, 0.717) is 6.54 Å². The van der Waals surface area contributed by atoms with Gasteiger partial charge < -0.3 is 11.1 Å². The van der Waals surface area contributed by atoms with Gasteiger partial charge in [0.2, 0.25) is 0 Å². The molecule has 2 aromatic rings. The first-order valence-electron chi connectivity index (χ1n) is 7.38. The van der Waals surface area contributed by atoms with Crippen molar-refractivity contribution in [2.24, 2.45) is 5.73 Å². The Hall–Kier alpha value is -1.64. The Kier molecular flexibility index (Phi) is 5.78. The van der Waals surface area contributed by atoms with Crippen molar-refractivity contribution in [3.8, 4) is 0 Å². The molecule has 0 aliphatic carbocycles. The van der Waals surface area contributed by atoms with Gasteiger partial charge in [0.05, 0.1) is 0 Å². The minimum Gasteiger partial charge on any atom is -0.326 e. The zero-order chi connectivity index (χ0) is 14.2. The molecule has 0 fully saturated rings. The average molecular weight is 268 g/mol. The van der Waals surface area contributed by atoms with Gasteiger partial charge in [-0.2, -0.15) is 0 Å². The average Bonchev–Trinajstić information content (AvgIpc) is 2.53. The van der Waals surface area contributed by atoms with Crippen molar-refractivity contribution in [2.75, 3.05) is 6.54 Å². The number of aryl methyl sites for hydroxylation is 1. The Morgan fingerprint density at radius 1 is 0.800 bits per heavy atom. The predicted octanol–water partition coefficient (Wildman–Crippen LogP) is 3.04. The lowest BCUT2D eigenvalue weighted by atomic mass is 10.1. The molecule has 0 aliphatic heterocycles. The molecule has 0 unspecified atom stereocenters. The second-order valence-electron chi connectivity index (χ2n) is 5.12. The van der Waals surface area contributed by atoms with E-state index in [1.54, 1.807) is 0 Å². The number of hydrogen-bond acceptors (Lipinski definition) is 2. The van der Waals surface area contributed by atoms with E-state index in [4.69, 9.17) is 5.73 Å². The summed E-state index contributed by atoms with van der Waals surface area (Å²) in [5, 5.41) is 3.48. The quantitative estimate of drug-likeness (QED) is 0.757. The third-order valence-corrected chi connectivity index (χ3v) is 3.61. The lowest BCUT2D eigenvalue weighted by molar-refractivity contribution is 0.686. The van der Waals surface area contributed by atoms with Gasteiger partial charge in [0, 0.05) is 13.1 Å². The highest BCUT2D eigenvalue weighted by molar-refractivity contribution is 5.23. The standard InChI is InChI=1S/C18H24N2/c1-2-15-3-5-16(6-4-15)11-12-20-14-18-9-7-17(13-19)8-10-18/h3-10,20H,2,11-14,19H2,1H3. The molecule has 0 heterocycles. The summed E-state index contributed by atoms with van der Waals surface area (Å²) in [5.41, 5.74) is 10.9. The lowest BCUT2D eigenvalue weighted by Crippen LogP contribution is -2.16. The molecule has 2 heteroatoms. The molecular weight excluding hydrogens is 244 g/mol. The second kappa shape index (κ2) is 7.83. The topological polar surface area (TPSA) is 38.0 Å². The summed E-state index contributed by atoms with van der Waals surface area (Å²) in [6.07, 6.45) is 2.18. The summed E-state index contributed by atoms with van der Waals surface area (Å²) in [5.74, 6) is 0. The SMILES string of the molecule is CCc1ccc(CCNCc2ccc(CN)cc2)cc1. The molecule has 2 rings (SSSR count). The van der Waals surface area contributed by atoms with E-state index >= 15 is 0 Å². The van der Waals surface area contributed by atoms with Crippen LogP contribution in [0.2, 0.25) is 0 Å². The molecular formula is C18H24N2. The van der Waals surface area contributed by atoms with Crippen molar-refractivity contribution < 1.29 is 0 Å². The number of benzene rings is 2. The number of nitrogens with two attached hydrogens (primary N) is 1. The van der Waals surface area contributed by atoms with Gasteiger partial charge in [0.15, 0.2) is 0 Å². The van der Waals surface area contributed by atoms with E-state index in [1.165, 1.54) is 22.3 Å². The van der Waals surface area contributed by atoms with Gasteiger partial charge in [-0.3, -0.25) is 0 Å². The number of nitrogens with one attached hydrogen (secondary N) is 1. The fourth-order valence-electron chi connectivity index (χ4n) is 2.20. The first-order valence-corrected chi connectivity index (χ1v) is 7.38. The molecule has 0 bridgehead atoms. The lowest BCUT2D eigenvalue weighted by Gasteiger charge is -2.06. The summed E-state index contributed by atoms with van der Waals surface area (Å²) in [4.78, 5) is 0. The summed E-state index contributed by atoms with van der Waals surface area (Å²) < 4.78 is 0. The van der Waals surface area contributed by atoms with Crippen LogP contribution in [0.3, 0.4) is 0 Å². The van der Waals surface area contributed by atoms with Gasteiger partial charge in [-0.25, -0.2) is 0 Å². The van der Waals surface area contributed by atoms with Crippen LogP contribution in [0.5, 0.6) is 0 Å². The second-order valence-corrected chi connectivity index (χ2v) is 5.12. The van der Waals surface area contributed by atoms with Crippen LogP contribution < -0.4 is 11.1 Å². The van der Waals surface area contributed by atoms with Crippen LogP contribution in [0, 0.1) is 0 Å². The van der Waals surface area contributed by atoms with Crippen molar-refractivity contribution in [1.82, 2.24) is 5.32 Å². The molecule has 3 N–H and O–H groups in total. The normalized spacial score (nSPS) is 10.7. The van der Waals surface area contributed by atoms with Gasteiger partial charge in [-0.15, -0.1) is 0 Å². The van der Waals surface area contributed by atoms with Crippen molar-refractivity contribution >= 4 is 0 Å². The Labute approximate surface area is 122 Å². The van der Waals surface area contributed by atoms with Crippen LogP contribution in [0.15, 0.2) is 48.5 Å². The molecule has 0 spiro atoms. The van der Waals surface area contributed by atoms with Crippen LogP contribution in [-0.2, 0) is 25.9 Å². The van der Waals surface area contributed by atoms with E-state index < -0.39 is 0 Å². The number of rotatable bonds is 7. The van der Waals surface area contributed by atoms with Crippen molar-refractivity contribution in [3.63, 3.8) is 0 Å². The van der Waals surface area contributed by atoms with E-state index in [2.05, 4.69) is 60.8 Å². The maximum atomic E-state index is 5.59. The molecule has 0 aromatic heterocycles. The third kappa shape index (κ3) is 4.48. The van der Waals surface area contributed by atoms with Gasteiger partial charge in [0.25, 0.3) is 0 Å². The first kappa shape index (κ1) is 14.8. The summed E-state index contributed by atoms with van der Waals surface area (Å²) in [6, 6.07) is 17.4. The Bertz CT molecular complexity index is 450.